The quantitative estimate of drug-likeness (QED) is 0.749. The van der Waals surface area contributed by atoms with E-state index in [1.165, 1.54) is 6.42 Å². The first kappa shape index (κ1) is 10.4. The molecule has 1 saturated carbocycles. The molecule has 1 aliphatic heterocycles. The van der Waals surface area contributed by atoms with Crippen molar-refractivity contribution in [1.82, 2.24) is 5.32 Å². The SMILES string of the molecule is CC1CC1C(C)NC1COC(C)(C)C1. The molecule has 1 N–H and O–H groups in total. The monoisotopic (exact) mass is 197 g/mol. The molecule has 0 aromatic rings. The first-order valence-corrected chi connectivity index (χ1v) is 5.88. The van der Waals surface area contributed by atoms with Crippen LogP contribution in [0.4, 0.5) is 0 Å². The zero-order valence-corrected chi connectivity index (χ0v) is 9.84. The summed E-state index contributed by atoms with van der Waals surface area (Å²) in [7, 11) is 0. The Labute approximate surface area is 87.4 Å². The maximum absolute atomic E-state index is 5.72. The Kier molecular flexibility index (Phi) is 2.61. The molecule has 4 unspecified atom stereocenters. The summed E-state index contributed by atoms with van der Waals surface area (Å²) in [5, 5.41) is 3.70. The van der Waals surface area contributed by atoms with E-state index in [1.54, 1.807) is 0 Å². The molecule has 2 heteroatoms. The van der Waals surface area contributed by atoms with Gasteiger partial charge < -0.3 is 10.1 Å². The van der Waals surface area contributed by atoms with Gasteiger partial charge in [-0.25, -0.2) is 0 Å². The van der Waals surface area contributed by atoms with Gasteiger partial charge >= 0.3 is 0 Å². The average Bonchev–Trinajstić information content (AvgIpc) is 2.69. The van der Waals surface area contributed by atoms with Gasteiger partial charge in [0.25, 0.3) is 0 Å². The van der Waals surface area contributed by atoms with Crippen LogP contribution in [0.3, 0.4) is 0 Å². The summed E-state index contributed by atoms with van der Waals surface area (Å²) in [6.07, 6.45) is 2.56. The molecule has 4 atom stereocenters. The van der Waals surface area contributed by atoms with Crippen LogP contribution in [0.2, 0.25) is 0 Å². The number of nitrogens with one attached hydrogen (secondary N) is 1. The molecule has 2 nitrogen and oxygen atoms in total. The molecule has 14 heavy (non-hydrogen) atoms. The third kappa shape index (κ3) is 2.29. The number of rotatable bonds is 3. The van der Waals surface area contributed by atoms with E-state index in [0.717, 1.165) is 24.9 Å². The van der Waals surface area contributed by atoms with Gasteiger partial charge in [0.2, 0.25) is 0 Å². The number of hydrogen-bond donors (Lipinski definition) is 1. The highest BCUT2D eigenvalue weighted by Crippen LogP contribution is 2.40. The molecular formula is C12H23NO. The Morgan fingerprint density at radius 2 is 2.07 bits per heavy atom. The van der Waals surface area contributed by atoms with E-state index in [1.807, 2.05) is 0 Å². The van der Waals surface area contributed by atoms with Crippen molar-refractivity contribution < 1.29 is 4.74 Å². The molecule has 1 heterocycles. The molecule has 0 radical (unpaired) electrons. The van der Waals surface area contributed by atoms with Crippen LogP contribution < -0.4 is 5.32 Å². The molecule has 2 fully saturated rings. The molecule has 1 aliphatic carbocycles. The molecule has 0 spiro atoms. The second-order valence-corrected chi connectivity index (χ2v) is 5.80. The second kappa shape index (κ2) is 3.49. The number of hydrogen-bond acceptors (Lipinski definition) is 2. The van der Waals surface area contributed by atoms with Crippen LogP contribution in [-0.2, 0) is 4.74 Å². The molecule has 1 saturated heterocycles. The van der Waals surface area contributed by atoms with E-state index in [4.69, 9.17) is 4.74 Å². The smallest absolute Gasteiger partial charge is 0.0643 e. The summed E-state index contributed by atoms with van der Waals surface area (Å²) >= 11 is 0. The van der Waals surface area contributed by atoms with E-state index in [-0.39, 0.29) is 5.60 Å². The minimum Gasteiger partial charge on any atom is -0.374 e. The van der Waals surface area contributed by atoms with Crippen molar-refractivity contribution in [1.29, 1.82) is 0 Å². The van der Waals surface area contributed by atoms with Gasteiger partial charge in [0.1, 0.15) is 0 Å². The van der Waals surface area contributed by atoms with Crippen molar-refractivity contribution in [3.63, 3.8) is 0 Å². The largest absolute Gasteiger partial charge is 0.374 e. The molecule has 2 aliphatic rings. The summed E-state index contributed by atoms with van der Waals surface area (Å²) in [4.78, 5) is 0. The maximum atomic E-state index is 5.72. The third-order valence-electron chi connectivity index (χ3n) is 3.73. The summed E-state index contributed by atoms with van der Waals surface area (Å²) < 4.78 is 5.72. The summed E-state index contributed by atoms with van der Waals surface area (Å²) in [6, 6.07) is 1.25. The first-order valence-electron chi connectivity index (χ1n) is 5.88. The fourth-order valence-corrected chi connectivity index (χ4v) is 2.69. The van der Waals surface area contributed by atoms with Gasteiger partial charge in [0, 0.05) is 12.1 Å². The van der Waals surface area contributed by atoms with E-state index in [0.29, 0.717) is 12.1 Å². The van der Waals surface area contributed by atoms with E-state index in [9.17, 15) is 0 Å². The van der Waals surface area contributed by atoms with Crippen LogP contribution in [0.15, 0.2) is 0 Å². The fourth-order valence-electron chi connectivity index (χ4n) is 2.69. The normalized spacial score (nSPS) is 42.4. The summed E-state index contributed by atoms with van der Waals surface area (Å²) in [5.41, 5.74) is 0.0898. The fraction of sp³-hybridized carbons (Fsp3) is 1.00. The first-order chi connectivity index (χ1) is 6.48. The lowest BCUT2D eigenvalue weighted by molar-refractivity contribution is 0.0355. The zero-order chi connectivity index (χ0) is 10.3. The van der Waals surface area contributed by atoms with Gasteiger partial charge in [0.15, 0.2) is 0 Å². The minimum absolute atomic E-state index is 0.0898. The average molecular weight is 197 g/mol. The molecule has 0 bridgehead atoms. The Morgan fingerprint density at radius 1 is 1.43 bits per heavy atom. The zero-order valence-electron chi connectivity index (χ0n) is 9.84. The Morgan fingerprint density at radius 3 is 2.50 bits per heavy atom. The number of ether oxygens (including phenoxy) is 1. The molecule has 0 aromatic carbocycles. The minimum atomic E-state index is 0.0898. The summed E-state index contributed by atoms with van der Waals surface area (Å²) in [5.74, 6) is 1.85. The highest BCUT2D eigenvalue weighted by Gasteiger charge is 2.39. The standard InChI is InChI=1S/C12H23NO/c1-8-5-11(8)9(2)13-10-6-12(3,4)14-7-10/h8-11,13H,5-7H2,1-4H3. The Bertz CT molecular complexity index is 214. The third-order valence-corrected chi connectivity index (χ3v) is 3.73. The highest BCUT2D eigenvalue weighted by molar-refractivity contribution is 4.94. The van der Waals surface area contributed by atoms with Crippen LogP contribution in [0.5, 0.6) is 0 Å². The lowest BCUT2D eigenvalue weighted by Crippen LogP contribution is -2.39. The van der Waals surface area contributed by atoms with Crippen LogP contribution in [0, 0.1) is 11.8 Å². The molecular weight excluding hydrogens is 174 g/mol. The van der Waals surface area contributed by atoms with Crippen molar-refractivity contribution in [2.45, 2.75) is 58.2 Å². The molecule has 2 rings (SSSR count). The topological polar surface area (TPSA) is 21.3 Å². The van der Waals surface area contributed by atoms with Gasteiger partial charge in [-0.05, 0) is 45.4 Å². The van der Waals surface area contributed by atoms with Crippen molar-refractivity contribution in [2.75, 3.05) is 6.61 Å². The molecule has 82 valence electrons. The van der Waals surface area contributed by atoms with Gasteiger partial charge in [-0.2, -0.15) is 0 Å². The van der Waals surface area contributed by atoms with Crippen molar-refractivity contribution in [3.8, 4) is 0 Å². The second-order valence-electron chi connectivity index (χ2n) is 5.80. The van der Waals surface area contributed by atoms with Crippen molar-refractivity contribution in [3.05, 3.63) is 0 Å². The van der Waals surface area contributed by atoms with Crippen LogP contribution in [0.25, 0.3) is 0 Å². The highest BCUT2D eigenvalue weighted by atomic mass is 16.5. The van der Waals surface area contributed by atoms with Crippen LogP contribution in [-0.4, -0.2) is 24.3 Å². The van der Waals surface area contributed by atoms with Gasteiger partial charge in [0.05, 0.1) is 12.2 Å². The van der Waals surface area contributed by atoms with Crippen molar-refractivity contribution in [2.24, 2.45) is 11.8 Å². The maximum Gasteiger partial charge on any atom is 0.0643 e. The summed E-state index contributed by atoms with van der Waals surface area (Å²) in [6.45, 7) is 9.91. The van der Waals surface area contributed by atoms with Crippen molar-refractivity contribution >= 4 is 0 Å². The van der Waals surface area contributed by atoms with Crippen LogP contribution >= 0.6 is 0 Å². The predicted octanol–water partition coefficient (Wildman–Crippen LogP) is 2.19. The Balaban J connectivity index is 1.76. The van der Waals surface area contributed by atoms with Gasteiger partial charge in [-0.3, -0.25) is 0 Å². The molecule has 0 aromatic heterocycles. The Hall–Kier alpha value is -0.0800. The molecule has 0 amide bonds. The van der Waals surface area contributed by atoms with Crippen LogP contribution in [0.1, 0.15) is 40.5 Å². The van der Waals surface area contributed by atoms with Gasteiger partial charge in [-0.15, -0.1) is 0 Å². The predicted molar refractivity (Wildman–Crippen MR) is 58.3 cm³/mol. The lowest BCUT2D eigenvalue weighted by Gasteiger charge is -2.19. The van der Waals surface area contributed by atoms with Gasteiger partial charge in [-0.1, -0.05) is 6.92 Å². The lowest BCUT2D eigenvalue weighted by atomic mass is 10.0. The van der Waals surface area contributed by atoms with E-state index >= 15 is 0 Å². The van der Waals surface area contributed by atoms with E-state index in [2.05, 4.69) is 33.0 Å². The van der Waals surface area contributed by atoms with E-state index < -0.39 is 0 Å².